The molecule has 0 bridgehead atoms. The van der Waals surface area contributed by atoms with E-state index >= 15 is 0 Å². The Hall–Kier alpha value is -0.300. The monoisotopic (exact) mass is 820 g/mol. The molecule has 11 aliphatic rings. The number of rotatable bonds is 5. The molecule has 21 atom stereocenters. The van der Waals surface area contributed by atoms with Crippen molar-refractivity contribution >= 4 is 0 Å². The summed E-state index contributed by atoms with van der Waals surface area (Å²) < 4.78 is 0. The van der Waals surface area contributed by atoms with Crippen LogP contribution >= 0.6 is 0 Å². The Morgan fingerprint density at radius 2 is 0.950 bits per heavy atom. The molecule has 9 saturated carbocycles. The molecule has 1 nitrogen and oxygen atoms in total. The van der Waals surface area contributed by atoms with Gasteiger partial charge in [0, 0.05) is 12.1 Å². The number of hydrogen-bond donors (Lipinski definition) is 1. The minimum atomic E-state index is 0.563. The Balaban J connectivity index is 0.920. The highest BCUT2D eigenvalue weighted by Crippen LogP contribution is 2.69. The first-order valence-corrected chi connectivity index (χ1v) is 28.5. The molecule has 0 heterocycles. The van der Waals surface area contributed by atoms with Crippen LogP contribution in [-0.4, -0.2) is 12.1 Å². The molecule has 1 heteroatoms. The molecule has 1 N–H and O–H groups in total. The predicted molar refractivity (Wildman–Crippen MR) is 253 cm³/mol. The van der Waals surface area contributed by atoms with Crippen LogP contribution in [0, 0.1) is 123 Å². The van der Waals surface area contributed by atoms with E-state index in [4.69, 9.17) is 0 Å². The van der Waals surface area contributed by atoms with Crippen LogP contribution in [0.5, 0.6) is 0 Å². The second-order valence-corrected chi connectivity index (χ2v) is 27.4. The van der Waals surface area contributed by atoms with Gasteiger partial charge in [-0.25, -0.2) is 0 Å². The highest BCUT2D eigenvalue weighted by atomic mass is 15.0. The van der Waals surface area contributed by atoms with Crippen LogP contribution in [0.1, 0.15) is 222 Å². The Morgan fingerprint density at radius 3 is 1.58 bits per heavy atom. The molecule has 19 unspecified atom stereocenters. The van der Waals surface area contributed by atoms with Gasteiger partial charge in [0.25, 0.3) is 0 Å². The smallest absolute Gasteiger partial charge is 0.0110 e. The predicted octanol–water partition coefficient (Wildman–Crippen LogP) is 16.1. The molecule has 9 fully saturated rings. The van der Waals surface area contributed by atoms with Crippen LogP contribution in [0.4, 0.5) is 0 Å². The maximum Gasteiger partial charge on any atom is 0.0110 e. The third kappa shape index (κ3) is 7.01. The highest BCUT2D eigenvalue weighted by Gasteiger charge is 2.61. The Kier molecular flexibility index (Phi) is 11.7. The molecule has 0 spiro atoms. The summed E-state index contributed by atoms with van der Waals surface area (Å²) in [5.74, 6) is 18.8. The molecule has 338 valence electrons. The zero-order valence-electron chi connectivity index (χ0n) is 40.7. The van der Waals surface area contributed by atoms with E-state index in [0.717, 1.165) is 125 Å². The van der Waals surface area contributed by atoms with Crippen molar-refractivity contribution < 1.29 is 0 Å². The third-order valence-corrected chi connectivity index (χ3v) is 24.6. The molecule has 11 aliphatic carbocycles. The van der Waals surface area contributed by atoms with Crippen molar-refractivity contribution in [2.75, 3.05) is 0 Å². The SMILES string of the molecule is CC1CCC2C(C1)C(C1CCC3C4CCCCC4C(C)(C)C3C1)C1=C(CC(NC3CCCC(C4CCCCC4C)[C@@H]3C)CC1)C2C1CCC2C3CCCC[C@H]3C(C)(C)C2C1. The van der Waals surface area contributed by atoms with E-state index in [0.29, 0.717) is 10.8 Å². The van der Waals surface area contributed by atoms with E-state index in [1.54, 1.807) is 77.0 Å². The van der Waals surface area contributed by atoms with Crippen molar-refractivity contribution in [1.82, 2.24) is 5.32 Å². The van der Waals surface area contributed by atoms with Gasteiger partial charge >= 0.3 is 0 Å². The molecule has 0 aromatic heterocycles. The Morgan fingerprint density at radius 1 is 0.417 bits per heavy atom. The lowest BCUT2D eigenvalue weighted by Gasteiger charge is -2.58. The minimum Gasteiger partial charge on any atom is -0.311 e. The summed E-state index contributed by atoms with van der Waals surface area (Å²) in [7, 11) is 0. The molecular formula is C59H97N. The van der Waals surface area contributed by atoms with Gasteiger partial charge < -0.3 is 5.32 Å². The third-order valence-electron chi connectivity index (χ3n) is 24.6. The molecule has 0 aromatic rings. The molecule has 60 heavy (non-hydrogen) atoms. The van der Waals surface area contributed by atoms with E-state index in [2.05, 4.69) is 64.9 Å². The van der Waals surface area contributed by atoms with E-state index in [9.17, 15) is 0 Å². The van der Waals surface area contributed by atoms with Crippen molar-refractivity contribution in [3.63, 3.8) is 0 Å². The molecule has 0 aliphatic heterocycles. The topological polar surface area (TPSA) is 12.0 Å². The van der Waals surface area contributed by atoms with Gasteiger partial charge in [0.1, 0.15) is 0 Å². The summed E-state index contributed by atoms with van der Waals surface area (Å²) in [6.45, 7) is 19.2. The summed E-state index contributed by atoms with van der Waals surface area (Å²) in [4.78, 5) is 0. The van der Waals surface area contributed by atoms with Crippen LogP contribution < -0.4 is 5.32 Å². The summed E-state index contributed by atoms with van der Waals surface area (Å²) >= 11 is 0. The van der Waals surface area contributed by atoms with Crippen molar-refractivity contribution in [1.29, 1.82) is 0 Å². The quantitative estimate of drug-likeness (QED) is 0.273. The first kappa shape index (κ1) is 42.3. The standard InChI is InChI=1S/C59H97N/c1-35-23-27-47-49(31-35)56(38-24-28-45-43-17-10-12-20-51(43)58(4,5)53(45)32-38)48-30-26-40(60-55-22-14-19-42(37(55)3)41-16-9-8-15-36(41)2)34-50(48)57(47)39-25-29-46-44-18-11-13-21-52(44)59(6,7)54(46)33-39/h35-47,49,51-57,60H,8-34H2,1-7H3/t35?,36?,37-,38?,39?,40?,41?,42?,43?,44?,45?,46?,47?,49?,51?,52+,53?,54?,55?,56?,57?/m0/s1. The van der Waals surface area contributed by atoms with E-state index < -0.39 is 0 Å². The van der Waals surface area contributed by atoms with Gasteiger partial charge in [-0.05, 0) is 239 Å². The summed E-state index contributed by atoms with van der Waals surface area (Å²) in [6, 6.07) is 1.49. The zero-order chi connectivity index (χ0) is 41.1. The maximum atomic E-state index is 4.64. The van der Waals surface area contributed by atoms with Crippen LogP contribution in [0.15, 0.2) is 11.1 Å². The van der Waals surface area contributed by atoms with Crippen molar-refractivity contribution in [3.05, 3.63) is 11.1 Å². The first-order chi connectivity index (χ1) is 29.0. The highest BCUT2D eigenvalue weighted by molar-refractivity contribution is 5.32. The van der Waals surface area contributed by atoms with Gasteiger partial charge in [-0.2, -0.15) is 0 Å². The largest absolute Gasteiger partial charge is 0.311 e. The second-order valence-electron chi connectivity index (χ2n) is 27.4. The fourth-order valence-corrected chi connectivity index (χ4v) is 22.1. The number of hydrogen-bond acceptors (Lipinski definition) is 1. The fourth-order valence-electron chi connectivity index (χ4n) is 22.1. The van der Waals surface area contributed by atoms with Gasteiger partial charge in [0.05, 0.1) is 0 Å². The number of fused-ring (bicyclic) bond motifs is 7. The molecule has 0 aromatic carbocycles. The average molecular weight is 820 g/mol. The van der Waals surface area contributed by atoms with E-state index in [1.807, 2.05) is 0 Å². The Bertz CT molecular complexity index is 1550. The molecule has 0 amide bonds. The van der Waals surface area contributed by atoms with E-state index in [1.165, 1.54) is 96.3 Å². The van der Waals surface area contributed by atoms with Crippen LogP contribution in [0.25, 0.3) is 0 Å². The number of allylic oxidation sites excluding steroid dienone is 1. The fraction of sp³-hybridized carbons (Fsp3) is 0.966. The van der Waals surface area contributed by atoms with Crippen LogP contribution in [-0.2, 0) is 0 Å². The minimum absolute atomic E-state index is 0.563. The van der Waals surface area contributed by atoms with Gasteiger partial charge in [0.15, 0.2) is 0 Å². The van der Waals surface area contributed by atoms with E-state index in [-0.39, 0.29) is 0 Å². The maximum absolute atomic E-state index is 4.64. The molecular weight excluding hydrogens is 723 g/mol. The summed E-state index contributed by atoms with van der Waals surface area (Å²) in [5, 5.41) is 4.64. The molecule has 11 rings (SSSR count). The lowest BCUT2D eigenvalue weighted by molar-refractivity contribution is -0.0133. The molecule has 0 saturated heterocycles. The first-order valence-electron chi connectivity index (χ1n) is 28.5. The Labute approximate surface area is 372 Å². The number of nitrogens with one attached hydrogen (secondary N) is 1. The average Bonchev–Trinajstić information content (AvgIpc) is 3.62. The lowest BCUT2D eigenvalue weighted by Crippen LogP contribution is -2.52. The van der Waals surface area contributed by atoms with Crippen LogP contribution in [0.2, 0.25) is 0 Å². The second kappa shape index (κ2) is 16.5. The van der Waals surface area contributed by atoms with Gasteiger partial charge in [-0.3, -0.25) is 0 Å². The summed E-state index contributed by atoms with van der Waals surface area (Å²) in [5.41, 5.74) is 5.43. The van der Waals surface area contributed by atoms with Crippen LogP contribution in [0.3, 0.4) is 0 Å². The molecule has 0 radical (unpaired) electrons. The van der Waals surface area contributed by atoms with Crippen molar-refractivity contribution in [2.24, 2.45) is 123 Å². The van der Waals surface area contributed by atoms with Gasteiger partial charge in [-0.15, -0.1) is 0 Å². The van der Waals surface area contributed by atoms with Gasteiger partial charge in [-0.1, -0.05) is 117 Å². The lowest BCUT2D eigenvalue weighted by atomic mass is 9.48. The van der Waals surface area contributed by atoms with Crippen molar-refractivity contribution in [2.45, 2.75) is 234 Å². The zero-order valence-corrected chi connectivity index (χ0v) is 40.7. The van der Waals surface area contributed by atoms with Crippen molar-refractivity contribution in [3.8, 4) is 0 Å². The van der Waals surface area contributed by atoms with Gasteiger partial charge in [0.2, 0.25) is 0 Å². The normalized spacial score (nSPS) is 53.5. The summed E-state index contributed by atoms with van der Waals surface area (Å²) in [6.07, 6.45) is 41.3.